The van der Waals surface area contributed by atoms with E-state index in [1.54, 1.807) is 0 Å². The van der Waals surface area contributed by atoms with Crippen molar-refractivity contribution in [3.63, 3.8) is 0 Å². The summed E-state index contributed by atoms with van der Waals surface area (Å²) < 4.78 is 6.15. The molecule has 4 aromatic carbocycles. The Hall–Kier alpha value is -4.83. The average Bonchev–Trinajstić information content (AvgIpc) is 3.51. The number of furan rings is 1. The number of para-hydroxylation sites is 1. The minimum Gasteiger partial charge on any atom is -0.456 e. The third-order valence-electron chi connectivity index (χ3n) is 9.45. The molecule has 0 bridgehead atoms. The molecule has 0 N–H and O–H groups in total. The van der Waals surface area contributed by atoms with Gasteiger partial charge in [-0.05, 0) is 64.1 Å². The number of aromatic nitrogens is 3. The van der Waals surface area contributed by atoms with Crippen LogP contribution in [0.4, 0.5) is 0 Å². The summed E-state index contributed by atoms with van der Waals surface area (Å²) in [6.45, 7) is 9.47. The molecule has 6 aromatic rings. The Morgan fingerprint density at radius 3 is 1.98 bits per heavy atom. The normalized spacial score (nSPS) is 18.7. The van der Waals surface area contributed by atoms with Crippen LogP contribution in [-0.4, -0.2) is 15.0 Å². The number of rotatable bonds is 4. The highest BCUT2D eigenvalue weighted by Gasteiger charge is 2.46. The summed E-state index contributed by atoms with van der Waals surface area (Å²) in [5.74, 6) is 2.36. The van der Waals surface area contributed by atoms with Crippen molar-refractivity contribution in [1.82, 2.24) is 15.0 Å². The van der Waals surface area contributed by atoms with Crippen LogP contribution in [0.15, 0.2) is 125 Å². The van der Waals surface area contributed by atoms with Crippen LogP contribution in [0, 0.1) is 10.8 Å². The first kappa shape index (κ1) is 26.8. The van der Waals surface area contributed by atoms with E-state index in [0.29, 0.717) is 11.6 Å². The minimum absolute atomic E-state index is 0.112. The predicted molar refractivity (Wildman–Crippen MR) is 179 cm³/mol. The Bertz CT molecular complexity index is 2110. The molecule has 0 saturated heterocycles. The summed E-state index contributed by atoms with van der Waals surface area (Å²) >= 11 is 0. The van der Waals surface area contributed by atoms with Gasteiger partial charge in [-0.2, -0.15) is 0 Å². The molecule has 2 aliphatic rings. The monoisotopic (exact) mass is 573 g/mol. The van der Waals surface area contributed by atoms with Crippen molar-refractivity contribution >= 4 is 21.9 Å². The first-order valence-corrected chi connectivity index (χ1v) is 15.5. The third-order valence-corrected chi connectivity index (χ3v) is 9.45. The molecule has 0 amide bonds. The van der Waals surface area contributed by atoms with Crippen molar-refractivity contribution in [1.29, 1.82) is 0 Å². The van der Waals surface area contributed by atoms with Gasteiger partial charge in [0.15, 0.2) is 11.6 Å². The van der Waals surface area contributed by atoms with E-state index in [4.69, 9.17) is 19.4 Å². The molecule has 44 heavy (non-hydrogen) atoms. The Kier molecular flexibility index (Phi) is 5.99. The number of fused-ring (bicyclic) bond motifs is 4. The molecule has 2 heterocycles. The van der Waals surface area contributed by atoms with Gasteiger partial charge in [0.25, 0.3) is 0 Å². The van der Waals surface area contributed by atoms with Crippen LogP contribution in [0.1, 0.15) is 52.3 Å². The van der Waals surface area contributed by atoms with E-state index < -0.39 is 0 Å². The number of hydrogen-bond donors (Lipinski definition) is 0. The number of benzene rings is 4. The maximum atomic E-state index is 6.15. The van der Waals surface area contributed by atoms with Crippen LogP contribution in [-0.2, 0) is 0 Å². The van der Waals surface area contributed by atoms with Gasteiger partial charge in [-0.25, -0.2) is 15.0 Å². The summed E-state index contributed by atoms with van der Waals surface area (Å²) in [7, 11) is 0. The van der Waals surface area contributed by atoms with Gasteiger partial charge in [0.05, 0.1) is 0 Å². The van der Waals surface area contributed by atoms with Gasteiger partial charge in [0.2, 0.25) is 0 Å². The van der Waals surface area contributed by atoms with Gasteiger partial charge in [-0.1, -0.05) is 119 Å². The molecule has 2 aliphatic carbocycles. The van der Waals surface area contributed by atoms with Gasteiger partial charge < -0.3 is 4.42 Å². The number of nitrogens with zero attached hydrogens (tertiary/aromatic N) is 3. The maximum Gasteiger partial charge on any atom is 0.163 e. The molecule has 1 unspecified atom stereocenters. The topological polar surface area (TPSA) is 51.8 Å². The number of allylic oxidation sites excluding steroid dienone is 4. The molecule has 8 rings (SSSR count). The van der Waals surface area contributed by atoms with E-state index >= 15 is 0 Å². The molecule has 0 spiro atoms. The van der Waals surface area contributed by atoms with Crippen molar-refractivity contribution < 1.29 is 4.42 Å². The third kappa shape index (κ3) is 4.48. The molecule has 216 valence electrons. The van der Waals surface area contributed by atoms with Crippen LogP contribution in [0.5, 0.6) is 0 Å². The van der Waals surface area contributed by atoms with Crippen molar-refractivity contribution in [3.05, 3.63) is 126 Å². The molecule has 4 heteroatoms. The van der Waals surface area contributed by atoms with E-state index in [1.807, 2.05) is 30.3 Å². The Balaban J connectivity index is 1.17. The second-order valence-corrected chi connectivity index (χ2v) is 13.6. The Labute approximate surface area is 258 Å². The fraction of sp³-hybridized carbons (Fsp3) is 0.225. The zero-order valence-corrected chi connectivity index (χ0v) is 25.6. The lowest BCUT2D eigenvalue weighted by Gasteiger charge is -2.26. The van der Waals surface area contributed by atoms with Crippen molar-refractivity contribution in [2.45, 2.75) is 46.5 Å². The molecule has 1 fully saturated rings. The molecule has 0 radical (unpaired) electrons. The van der Waals surface area contributed by atoms with E-state index in [0.717, 1.165) is 62.9 Å². The van der Waals surface area contributed by atoms with Crippen LogP contribution < -0.4 is 0 Å². The first-order chi connectivity index (χ1) is 21.2. The van der Waals surface area contributed by atoms with Crippen LogP contribution in [0.25, 0.3) is 55.8 Å². The molecule has 1 atom stereocenters. The Morgan fingerprint density at radius 1 is 0.591 bits per heavy atom. The lowest BCUT2D eigenvalue weighted by atomic mass is 9.80. The average molecular weight is 574 g/mol. The second kappa shape index (κ2) is 9.85. The molecule has 1 saturated carbocycles. The lowest BCUT2D eigenvalue weighted by molar-refractivity contribution is 0.338. The summed E-state index contributed by atoms with van der Waals surface area (Å²) in [4.78, 5) is 15.1. The fourth-order valence-electron chi connectivity index (χ4n) is 7.54. The molecule has 4 nitrogen and oxygen atoms in total. The minimum atomic E-state index is 0.112. The summed E-state index contributed by atoms with van der Waals surface area (Å²) in [5, 5.41) is 2.28. The quantitative estimate of drug-likeness (QED) is 0.210. The van der Waals surface area contributed by atoms with E-state index in [1.165, 1.54) is 11.1 Å². The zero-order chi connectivity index (χ0) is 30.1. The fourth-order valence-corrected chi connectivity index (χ4v) is 7.54. The number of hydrogen-bond acceptors (Lipinski definition) is 4. The largest absolute Gasteiger partial charge is 0.456 e. The zero-order valence-electron chi connectivity index (χ0n) is 25.6. The summed E-state index contributed by atoms with van der Waals surface area (Å²) in [6, 6.07) is 33.4. The van der Waals surface area contributed by atoms with Crippen LogP contribution in [0.2, 0.25) is 0 Å². The van der Waals surface area contributed by atoms with Crippen molar-refractivity contribution in [3.8, 4) is 33.9 Å². The molecular weight excluding hydrogens is 538 g/mol. The van der Waals surface area contributed by atoms with Gasteiger partial charge >= 0.3 is 0 Å². The standard InChI is InChI=1S/C40H35N3O/c1-39(2)24-40(3,4)33-22-29(19-21-32(33)39)38-42-36(26-10-6-5-7-11-26)41-37(43-38)27-16-14-25(15-17-27)28-18-20-31-30-12-8-9-13-34(30)44-35(31)23-28/h5-18,20-23,29H,19,24H2,1-4H3. The Morgan fingerprint density at radius 2 is 1.20 bits per heavy atom. The highest BCUT2D eigenvalue weighted by molar-refractivity contribution is 6.05. The van der Waals surface area contributed by atoms with Gasteiger partial charge in [0.1, 0.15) is 17.0 Å². The first-order valence-electron chi connectivity index (χ1n) is 15.5. The van der Waals surface area contributed by atoms with Crippen molar-refractivity contribution in [2.24, 2.45) is 10.8 Å². The van der Waals surface area contributed by atoms with E-state index in [2.05, 4.69) is 107 Å². The predicted octanol–water partition coefficient (Wildman–Crippen LogP) is 10.6. The smallest absolute Gasteiger partial charge is 0.163 e. The van der Waals surface area contributed by atoms with E-state index in [9.17, 15) is 0 Å². The maximum absolute atomic E-state index is 6.15. The van der Waals surface area contributed by atoms with Gasteiger partial charge in [0, 0.05) is 27.8 Å². The molecular formula is C40H35N3O. The van der Waals surface area contributed by atoms with Crippen LogP contribution in [0.3, 0.4) is 0 Å². The second-order valence-electron chi connectivity index (χ2n) is 13.6. The van der Waals surface area contributed by atoms with Gasteiger partial charge in [-0.3, -0.25) is 0 Å². The van der Waals surface area contributed by atoms with Gasteiger partial charge in [-0.15, -0.1) is 0 Å². The van der Waals surface area contributed by atoms with Crippen LogP contribution >= 0.6 is 0 Å². The molecule has 2 aromatic heterocycles. The molecule has 0 aliphatic heterocycles. The SMILES string of the molecule is CC1(C)CC(C)(C)C2=CC(c3nc(-c4ccccc4)nc(-c4ccc(-c5ccc6c(c5)oc5ccccc56)cc4)n3)CC=C21. The van der Waals surface area contributed by atoms with Crippen molar-refractivity contribution in [2.75, 3.05) is 0 Å². The summed E-state index contributed by atoms with van der Waals surface area (Å²) in [6.07, 6.45) is 6.93. The highest BCUT2D eigenvalue weighted by atomic mass is 16.3. The summed E-state index contributed by atoms with van der Waals surface area (Å²) in [5.41, 5.74) is 9.28. The van der Waals surface area contributed by atoms with E-state index in [-0.39, 0.29) is 16.7 Å². The lowest BCUT2D eigenvalue weighted by Crippen LogP contribution is -2.14. The highest BCUT2D eigenvalue weighted by Crippen LogP contribution is 2.58.